The molecule has 0 amide bonds. The normalized spacial score (nSPS) is 11.4. The number of hydrogen-bond donors (Lipinski definition) is 0. The Balaban J connectivity index is 1.11. The van der Waals surface area contributed by atoms with Gasteiger partial charge in [-0.25, -0.2) is 9.97 Å². The van der Waals surface area contributed by atoms with Crippen LogP contribution < -0.4 is 0 Å². The summed E-state index contributed by atoms with van der Waals surface area (Å²) in [7, 11) is 0. The summed E-state index contributed by atoms with van der Waals surface area (Å²) in [5, 5.41) is 5.61. The lowest BCUT2D eigenvalue weighted by Gasteiger charge is -2.17. The van der Waals surface area contributed by atoms with Gasteiger partial charge >= 0.3 is 0 Å². The second-order valence-electron chi connectivity index (χ2n) is 14.5. The average molecular weight is 740 g/mol. The van der Waals surface area contributed by atoms with Crippen LogP contribution in [0.2, 0.25) is 0 Å². The summed E-state index contributed by atoms with van der Waals surface area (Å²) < 4.78 is 0. The monoisotopic (exact) mass is 739 g/mol. The number of pyridine rings is 5. The first-order chi connectivity index (χ1) is 28.7. The summed E-state index contributed by atoms with van der Waals surface area (Å²) in [6.07, 6.45) is 9.16. The van der Waals surface area contributed by atoms with Crippen molar-refractivity contribution >= 4 is 43.5 Å². The molecule has 5 heteroatoms. The summed E-state index contributed by atoms with van der Waals surface area (Å²) in [6.45, 7) is 0. The van der Waals surface area contributed by atoms with Gasteiger partial charge in [-0.15, -0.1) is 0 Å². The molecule has 0 N–H and O–H groups in total. The maximum atomic E-state index is 5.31. The summed E-state index contributed by atoms with van der Waals surface area (Å²) in [6, 6.07) is 60.1. The second kappa shape index (κ2) is 14.0. The van der Waals surface area contributed by atoms with E-state index in [1.54, 1.807) is 0 Å². The Morgan fingerprint density at radius 1 is 0.310 bits per heavy atom. The number of fused-ring (bicyclic) bond motifs is 5. The van der Waals surface area contributed by atoms with Crippen molar-refractivity contribution in [3.8, 4) is 67.0 Å². The number of rotatable bonds is 6. The van der Waals surface area contributed by atoms with Gasteiger partial charge in [-0.05, 0) is 98.2 Å². The fourth-order valence-corrected chi connectivity index (χ4v) is 8.29. The average Bonchev–Trinajstić information content (AvgIpc) is 3.31. The Hall–Kier alpha value is -7.89. The van der Waals surface area contributed by atoms with E-state index in [2.05, 4.69) is 149 Å². The molecule has 0 saturated carbocycles. The Morgan fingerprint density at radius 2 is 0.845 bits per heavy atom. The zero-order valence-corrected chi connectivity index (χ0v) is 31.3. The molecule has 0 aliphatic heterocycles. The lowest BCUT2D eigenvalue weighted by atomic mass is 9.88. The quantitative estimate of drug-likeness (QED) is 0.125. The van der Waals surface area contributed by atoms with E-state index in [-0.39, 0.29) is 0 Å². The molecule has 0 aliphatic carbocycles. The van der Waals surface area contributed by atoms with Gasteiger partial charge in [0.25, 0.3) is 0 Å². The third-order valence-electron chi connectivity index (χ3n) is 11.1. The van der Waals surface area contributed by atoms with Gasteiger partial charge in [0.15, 0.2) is 0 Å². The van der Waals surface area contributed by atoms with Crippen molar-refractivity contribution in [2.75, 3.05) is 0 Å². The van der Waals surface area contributed by atoms with Crippen molar-refractivity contribution in [2.45, 2.75) is 0 Å². The van der Waals surface area contributed by atoms with Crippen molar-refractivity contribution in [3.05, 3.63) is 201 Å². The van der Waals surface area contributed by atoms with Gasteiger partial charge < -0.3 is 0 Å². The van der Waals surface area contributed by atoms with Crippen LogP contribution in [0.3, 0.4) is 0 Å². The Kier molecular flexibility index (Phi) is 8.07. The molecule has 0 spiro atoms. The molecule has 0 atom stereocenters. The van der Waals surface area contributed by atoms with E-state index in [0.717, 1.165) is 105 Å². The highest BCUT2D eigenvalue weighted by molar-refractivity contribution is 6.20. The van der Waals surface area contributed by atoms with Gasteiger partial charge in [-0.2, -0.15) is 0 Å². The molecular formula is C53H33N5. The smallest absolute Gasteiger partial charge is 0.0978 e. The molecular weight excluding hydrogens is 707 g/mol. The zero-order chi connectivity index (χ0) is 38.4. The molecule has 270 valence electrons. The predicted octanol–water partition coefficient (Wildman–Crippen LogP) is 13.3. The fraction of sp³-hybridized carbons (Fsp3) is 0. The molecule has 0 fully saturated rings. The van der Waals surface area contributed by atoms with Gasteiger partial charge in [-0.1, -0.05) is 121 Å². The maximum absolute atomic E-state index is 5.31. The summed E-state index contributed by atoms with van der Waals surface area (Å²) in [4.78, 5) is 23.7. The Bertz CT molecular complexity index is 3210. The van der Waals surface area contributed by atoms with Crippen LogP contribution in [0.1, 0.15) is 0 Å². The molecule has 11 rings (SSSR count). The number of para-hydroxylation sites is 1. The first-order valence-corrected chi connectivity index (χ1v) is 19.4. The van der Waals surface area contributed by atoms with Gasteiger partial charge in [0, 0.05) is 63.8 Å². The minimum Gasteiger partial charge on any atom is -0.265 e. The lowest BCUT2D eigenvalue weighted by molar-refractivity contribution is 1.32. The molecule has 11 aromatic rings. The molecule has 0 bridgehead atoms. The summed E-state index contributed by atoms with van der Waals surface area (Å²) in [5.41, 5.74) is 15.8. The van der Waals surface area contributed by atoms with E-state index in [4.69, 9.17) is 15.0 Å². The van der Waals surface area contributed by atoms with Crippen molar-refractivity contribution in [1.29, 1.82) is 0 Å². The van der Waals surface area contributed by atoms with Gasteiger partial charge in [-0.3, -0.25) is 15.0 Å². The van der Waals surface area contributed by atoms with E-state index in [1.807, 2.05) is 61.3 Å². The Labute approximate surface area is 335 Å². The Morgan fingerprint density at radius 3 is 1.48 bits per heavy atom. The molecule has 0 unspecified atom stereocenters. The number of hydrogen-bond acceptors (Lipinski definition) is 5. The molecule has 5 aromatic heterocycles. The van der Waals surface area contributed by atoms with Crippen LogP contribution in [0.5, 0.6) is 0 Å². The van der Waals surface area contributed by atoms with Crippen LogP contribution in [-0.2, 0) is 0 Å². The second-order valence-corrected chi connectivity index (χ2v) is 14.5. The lowest BCUT2D eigenvalue weighted by Crippen LogP contribution is -1.94. The third-order valence-corrected chi connectivity index (χ3v) is 11.1. The van der Waals surface area contributed by atoms with Gasteiger partial charge in [0.2, 0.25) is 0 Å². The van der Waals surface area contributed by atoms with Crippen LogP contribution in [0, 0.1) is 0 Å². The number of aromatic nitrogens is 5. The molecule has 5 heterocycles. The van der Waals surface area contributed by atoms with Crippen molar-refractivity contribution in [1.82, 2.24) is 24.9 Å². The highest BCUT2D eigenvalue weighted by atomic mass is 14.7. The first kappa shape index (κ1) is 33.4. The van der Waals surface area contributed by atoms with Crippen LogP contribution in [0.15, 0.2) is 201 Å². The van der Waals surface area contributed by atoms with Crippen molar-refractivity contribution in [3.63, 3.8) is 0 Å². The highest BCUT2D eigenvalue weighted by Crippen LogP contribution is 2.43. The van der Waals surface area contributed by atoms with E-state index < -0.39 is 0 Å². The fourth-order valence-electron chi connectivity index (χ4n) is 8.29. The third kappa shape index (κ3) is 5.85. The number of benzene rings is 6. The van der Waals surface area contributed by atoms with E-state index in [1.165, 1.54) is 5.39 Å². The van der Waals surface area contributed by atoms with Gasteiger partial charge in [0.05, 0.1) is 27.9 Å². The maximum Gasteiger partial charge on any atom is 0.0978 e. The molecule has 0 radical (unpaired) electrons. The topological polar surface area (TPSA) is 64.5 Å². The van der Waals surface area contributed by atoms with E-state index in [9.17, 15) is 0 Å². The van der Waals surface area contributed by atoms with Crippen LogP contribution in [0.4, 0.5) is 0 Å². The van der Waals surface area contributed by atoms with Gasteiger partial charge in [0.1, 0.15) is 0 Å². The predicted molar refractivity (Wildman–Crippen MR) is 238 cm³/mol. The standard InChI is InChI=1S/C53H33N5/c1-2-8-44-43(7-1)42(21-22-45(44)51-46-9-3-4-10-48(46)58-53-47(51)20-19-40-6-5-27-56-52(40)53)41-32-49(38-15-11-34(12-16-38)36-23-28-54-29-24-36)57-50(33-41)39-17-13-35(14-18-39)37-25-30-55-31-26-37/h1-33H. The molecule has 6 aromatic carbocycles. The van der Waals surface area contributed by atoms with E-state index in [0.29, 0.717) is 0 Å². The van der Waals surface area contributed by atoms with E-state index >= 15 is 0 Å². The first-order valence-electron chi connectivity index (χ1n) is 19.4. The summed E-state index contributed by atoms with van der Waals surface area (Å²) >= 11 is 0. The summed E-state index contributed by atoms with van der Waals surface area (Å²) in [5.74, 6) is 0. The van der Waals surface area contributed by atoms with Crippen LogP contribution >= 0.6 is 0 Å². The minimum absolute atomic E-state index is 0.908. The van der Waals surface area contributed by atoms with Crippen molar-refractivity contribution < 1.29 is 0 Å². The molecule has 0 aliphatic rings. The highest BCUT2D eigenvalue weighted by Gasteiger charge is 2.19. The van der Waals surface area contributed by atoms with Crippen LogP contribution in [0.25, 0.3) is 111 Å². The molecule has 5 nitrogen and oxygen atoms in total. The zero-order valence-electron chi connectivity index (χ0n) is 31.3. The molecule has 58 heavy (non-hydrogen) atoms. The minimum atomic E-state index is 0.908. The number of nitrogens with zero attached hydrogens (tertiary/aromatic N) is 5. The molecule has 0 saturated heterocycles. The van der Waals surface area contributed by atoms with Crippen molar-refractivity contribution in [2.24, 2.45) is 0 Å². The SMILES string of the molecule is c1cnc2c(c1)ccc1c(-c3ccc(-c4cc(-c5ccc(-c6ccncc6)cc5)nc(-c5ccc(-c6ccncc6)cc5)c4)c4ccccc34)c3ccccc3nc12. The van der Waals surface area contributed by atoms with Crippen LogP contribution in [-0.4, -0.2) is 24.9 Å². The largest absolute Gasteiger partial charge is 0.265 e.